The second-order valence-electron chi connectivity index (χ2n) is 15.1. The van der Waals surface area contributed by atoms with E-state index in [0.29, 0.717) is 57.7 Å². The molecule has 8 rings (SSSR count). The van der Waals surface area contributed by atoms with Gasteiger partial charge in [0, 0.05) is 67.7 Å². The lowest BCUT2D eigenvalue weighted by Crippen LogP contribution is -2.39. The van der Waals surface area contributed by atoms with Crippen LogP contribution in [-0.2, 0) is 4.79 Å². The van der Waals surface area contributed by atoms with Crippen LogP contribution in [0.2, 0.25) is 0 Å². The van der Waals surface area contributed by atoms with Gasteiger partial charge >= 0.3 is 12.1 Å². The average molecular weight is 884 g/mol. The van der Waals surface area contributed by atoms with Gasteiger partial charge in [-0.15, -0.1) is 0 Å². The number of hydrogen-bond donors (Lipinski definition) is 1. The molecule has 1 N–H and O–H groups in total. The monoisotopic (exact) mass is 881 g/mol. The molecule has 2 aliphatic carbocycles. The van der Waals surface area contributed by atoms with Crippen LogP contribution >= 0.6 is 31.9 Å². The largest absolute Gasteiger partial charge is 0.471 e. The molecule has 15 heteroatoms. The molecule has 2 atom stereocenters. The molecule has 4 fully saturated rings. The van der Waals surface area contributed by atoms with E-state index in [1.165, 1.54) is 6.07 Å². The molecular formula is C39H42Br2F5N5O3. The molecule has 2 unspecified atom stereocenters. The van der Waals surface area contributed by atoms with E-state index < -0.39 is 17.9 Å². The first-order chi connectivity index (χ1) is 25.6. The Balaban J connectivity index is 0.000000171. The molecule has 2 aliphatic heterocycles. The van der Waals surface area contributed by atoms with E-state index in [1.54, 1.807) is 34.6 Å². The molecule has 2 aromatic carbocycles. The number of fused-ring (bicyclic) bond motifs is 2. The maximum Gasteiger partial charge on any atom is 0.471 e. The smallest absolute Gasteiger partial charge is 0.369 e. The van der Waals surface area contributed by atoms with Crippen molar-refractivity contribution in [3.05, 3.63) is 76.7 Å². The van der Waals surface area contributed by atoms with E-state index in [4.69, 9.17) is 0 Å². The first-order valence-electron chi connectivity index (χ1n) is 18.5. The molecule has 4 aromatic rings. The SMILES string of the molecule is CCC1CCN(c2c(F)c(Br)c3ccc(=O)n(C4CC4)c3c2C)C1.Cc1c(Br)c(F)c(N2CCC(CNC(=O)C(F)(F)F)C2)c2ccc(=O)n(C3CC3)c12. The van der Waals surface area contributed by atoms with E-state index in [-0.39, 0.29) is 46.0 Å². The van der Waals surface area contributed by atoms with Crippen LogP contribution in [0.1, 0.15) is 75.1 Å². The minimum absolute atomic E-state index is 0.0189. The molecule has 0 spiro atoms. The van der Waals surface area contributed by atoms with Crippen molar-refractivity contribution in [3.8, 4) is 0 Å². The van der Waals surface area contributed by atoms with Crippen LogP contribution in [0.4, 0.5) is 33.3 Å². The summed E-state index contributed by atoms with van der Waals surface area (Å²) in [5.74, 6) is -2.23. The number of pyridine rings is 2. The van der Waals surface area contributed by atoms with Crippen LogP contribution in [-0.4, -0.2) is 53.9 Å². The summed E-state index contributed by atoms with van der Waals surface area (Å²) in [6.45, 7) is 8.31. The maximum atomic E-state index is 15.3. The lowest BCUT2D eigenvalue weighted by atomic mass is 10.1. The summed E-state index contributed by atoms with van der Waals surface area (Å²) >= 11 is 6.77. The number of alkyl halides is 3. The Labute approximate surface area is 325 Å². The lowest BCUT2D eigenvalue weighted by Gasteiger charge is -2.25. The van der Waals surface area contributed by atoms with Crippen LogP contribution in [0.3, 0.4) is 0 Å². The van der Waals surface area contributed by atoms with Gasteiger partial charge in [0.15, 0.2) is 11.6 Å². The zero-order valence-corrected chi connectivity index (χ0v) is 33.4. The molecule has 4 aliphatic rings. The minimum Gasteiger partial charge on any atom is -0.369 e. The second kappa shape index (κ2) is 14.9. The van der Waals surface area contributed by atoms with E-state index in [0.717, 1.165) is 68.1 Å². The highest BCUT2D eigenvalue weighted by atomic mass is 79.9. The fraction of sp³-hybridized carbons (Fsp3) is 0.513. The summed E-state index contributed by atoms with van der Waals surface area (Å²) in [5, 5.41) is 3.32. The third-order valence-corrected chi connectivity index (χ3v) is 13.1. The van der Waals surface area contributed by atoms with Crippen molar-refractivity contribution in [1.82, 2.24) is 14.5 Å². The van der Waals surface area contributed by atoms with Crippen molar-refractivity contribution < 1.29 is 26.7 Å². The minimum atomic E-state index is -4.92. The summed E-state index contributed by atoms with van der Waals surface area (Å²) in [5.41, 5.74) is 4.01. The fourth-order valence-corrected chi connectivity index (χ4v) is 9.10. The van der Waals surface area contributed by atoms with E-state index >= 15 is 8.78 Å². The van der Waals surface area contributed by atoms with Gasteiger partial charge in [-0.25, -0.2) is 8.78 Å². The number of nitrogens with zero attached hydrogens (tertiary/aromatic N) is 4. The van der Waals surface area contributed by atoms with Gasteiger partial charge in [-0.3, -0.25) is 14.4 Å². The third kappa shape index (κ3) is 7.19. The van der Waals surface area contributed by atoms with Gasteiger partial charge in [0.05, 0.1) is 31.4 Å². The molecule has 2 aromatic heterocycles. The lowest BCUT2D eigenvalue weighted by molar-refractivity contribution is -0.173. The molecule has 4 heterocycles. The number of carbonyl (C=O) groups is 1. The van der Waals surface area contributed by atoms with Gasteiger partial charge in [-0.1, -0.05) is 13.3 Å². The highest BCUT2D eigenvalue weighted by Crippen LogP contribution is 2.45. The summed E-state index contributed by atoms with van der Waals surface area (Å²) in [6, 6.07) is 6.74. The van der Waals surface area contributed by atoms with Crippen molar-refractivity contribution in [2.24, 2.45) is 11.8 Å². The predicted octanol–water partition coefficient (Wildman–Crippen LogP) is 8.83. The Bertz CT molecular complexity index is 2270. The summed E-state index contributed by atoms with van der Waals surface area (Å²) in [6.07, 6.45) is 1.69. The normalized spacial score (nSPS) is 20.2. The van der Waals surface area contributed by atoms with Crippen molar-refractivity contribution in [3.63, 3.8) is 0 Å². The Morgan fingerprint density at radius 3 is 1.78 bits per heavy atom. The Kier molecular flexibility index (Phi) is 10.7. The second-order valence-corrected chi connectivity index (χ2v) is 16.7. The maximum absolute atomic E-state index is 15.3. The molecule has 0 radical (unpaired) electrons. The van der Waals surface area contributed by atoms with E-state index in [9.17, 15) is 27.6 Å². The number of rotatable bonds is 7. The predicted molar refractivity (Wildman–Crippen MR) is 208 cm³/mol. The van der Waals surface area contributed by atoms with Gasteiger partial charge in [-0.05, 0) is 119 Å². The van der Waals surface area contributed by atoms with Crippen LogP contribution < -0.4 is 26.2 Å². The van der Waals surface area contributed by atoms with Crippen LogP contribution in [0, 0.1) is 37.3 Å². The van der Waals surface area contributed by atoms with Gasteiger partial charge in [0.1, 0.15) is 0 Å². The topological polar surface area (TPSA) is 79.6 Å². The summed E-state index contributed by atoms with van der Waals surface area (Å²) in [7, 11) is 0. The number of benzene rings is 2. The van der Waals surface area contributed by atoms with Crippen molar-refractivity contribution in [2.45, 2.75) is 84.0 Å². The number of carbonyl (C=O) groups excluding carboxylic acids is 1. The zero-order chi connectivity index (χ0) is 38.8. The quantitative estimate of drug-likeness (QED) is 0.188. The molecule has 0 bridgehead atoms. The first-order valence-corrected chi connectivity index (χ1v) is 20.1. The molecule has 8 nitrogen and oxygen atoms in total. The molecule has 54 heavy (non-hydrogen) atoms. The first kappa shape index (κ1) is 38.8. The number of nitrogens with one attached hydrogen (secondary N) is 1. The molecule has 2 saturated heterocycles. The Hall–Kier alpha value is -3.46. The standard InChI is InChI=1S/C20H20BrF4N3O2.C19H22BrFN2O/c1-10-15(21)16(22)18(13-4-5-14(29)28(17(10)13)12-2-3-12)27-7-6-11(9-27)8-26-19(30)20(23,24)25;1-3-12-8-9-22(10-12)19-11(2)18-14(16(20)17(19)21)6-7-15(24)23(18)13-4-5-13/h4-5,11-12H,2-3,6-9H2,1H3,(H,26,30);6-7,12-13H,3-5,8-10H2,1-2H3. The van der Waals surface area contributed by atoms with Crippen LogP contribution in [0.25, 0.3) is 21.8 Å². The summed E-state index contributed by atoms with van der Waals surface area (Å²) in [4.78, 5) is 39.9. The number of aromatic nitrogens is 2. The Morgan fingerprint density at radius 2 is 1.24 bits per heavy atom. The molecule has 2 saturated carbocycles. The van der Waals surface area contributed by atoms with Crippen molar-refractivity contribution >= 4 is 70.9 Å². The van der Waals surface area contributed by atoms with E-state index in [1.807, 2.05) is 16.8 Å². The summed E-state index contributed by atoms with van der Waals surface area (Å²) < 4.78 is 72.0. The van der Waals surface area contributed by atoms with Gasteiger partial charge in [0.25, 0.3) is 11.1 Å². The molecular weight excluding hydrogens is 841 g/mol. The van der Waals surface area contributed by atoms with Gasteiger partial charge in [0.2, 0.25) is 0 Å². The number of halogens is 7. The number of amides is 1. The van der Waals surface area contributed by atoms with Crippen LogP contribution in [0.15, 0.2) is 42.8 Å². The van der Waals surface area contributed by atoms with Gasteiger partial charge < -0.3 is 24.3 Å². The molecule has 290 valence electrons. The van der Waals surface area contributed by atoms with Crippen molar-refractivity contribution in [2.75, 3.05) is 42.5 Å². The highest BCUT2D eigenvalue weighted by molar-refractivity contribution is 9.11. The third-order valence-electron chi connectivity index (χ3n) is 11.4. The van der Waals surface area contributed by atoms with Gasteiger partial charge in [-0.2, -0.15) is 13.2 Å². The number of aryl methyl sites for hydroxylation is 2. The fourth-order valence-electron chi connectivity index (χ4n) is 8.22. The van der Waals surface area contributed by atoms with Crippen molar-refractivity contribution in [1.29, 1.82) is 0 Å². The average Bonchev–Trinajstić information content (AvgIpc) is 4.07. The zero-order valence-electron chi connectivity index (χ0n) is 30.3. The van der Waals surface area contributed by atoms with Crippen LogP contribution in [0.5, 0.6) is 0 Å². The number of anilines is 2. The Morgan fingerprint density at radius 1 is 0.741 bits per heavy atom. The molecule has 1 amide bonds. The number of hydrogen-bond acceptors (Lipinski definition) is 5. The highest BCUT2D eigenvalue weighted by Gasteiger charge is 2.39. The van der Waals surface area contributed by atoms with E-state index in [2.05, 4.69) is 43.7 Å².